The zero-order chi connectivity index (χ0) is 10.3. The zero-order valence-electron chi connectivity index (χ0n) is 7.81. The number of nitrogens with one attached hydrogen (secondary N) is 1. The van der Waals surface area contributed by atoms with E-state index < -0.39 is 11.0 Å². The number of benzene rings is 1. The van der Waals surface area contributed by atoms with Crippen LogP contribution in [0.4, 0.5) is 0 Å². The molecule has 2 aromatic rings. The van der Waals surface area contributed by atoms with Crippen LogP contribution in [0.3, 0.4) is 0 Å². The topological polar surface area (TPSA) is 45.2 Å². The second-order valence-electron chi connectivity index (χ2n) is 3.29. The van der Waals surface area contributed by atoms with Gasteiger partial charge in [0.1, 0.15) is 0 Å². The number of H-pyrrole nitrogens is 1. The first-order valence-corrected chi connectivity index (χ1v) is 5.70. The first kappa shape index (κ1) is 8.61. The molecule has 0 radical (unpaired) electrons. The van der Waals surface area contributed by atoms with Gasteiger partial charge >= 0.3 is 0 Å². The van der Waals surface area contributed by atoms with Crippen molar-refractivity contribution in [2.75, 3.05) is 0 Å². The number of rotatable bonds is 0. The molecule has 1 aromatic carbocycles. The molecule has 1 aromatic heterocycles. The highest BCUT2D eigenvalue weighted by Crippen LogP contribution is 2.27. The minimum Gasteiger partial charge on any atom is -0.361 e. The molecule has 0 fully saturated rings. The highest BCUT2D eigenvalue weighted by atomic mass is 32.2. The molecule has 0 bridgehead atoms. The summed E-state index contributed by atoms with van der Waals surface area (Å²) in [6.45, 7) is 0. The van der Waals surface area contributed by atoms with Gasteiger partial charge < -0.3 is 4.98 Å². The molecule has 74 valence electrons. The summed E-state index contributed by atoms with van der Waals surface area (Å²) >= 11 is 0. The van der Waals surface area contributed by atoms with Crippen LogP contribution >= 0.6 is 0 Å². The molecule has 4 heteroatoms. The Morgan fingerprint density at radius 2 is 2.20 bits per heavy atom. The first-order chi connectivity index (χ1) is 7.36. The van der Waals surface area contributed by atoms with E-state index in [0.717, 1.165) is 21.4 Å². The molecule has 0 amide bonds. The molecule has 0 spiro atoms. The van der Waals surface area contributed by atoms with Gasteiger partial charge in [-0.25, -0.2) is 4.21 Å². The van der Waals surface area contributed by atoms with Crippen molar-refractivity contribution in [3.8, 4) is 0 Å². The van der Waals surface area contributed by atoms with Crippen molar-refractivity contribution in [1.82, 2.24) is 4.98 Å². The van der Waals surface area contributed by atoms with E-state index in [1.165, 1.54) is 0 Å². The number of aromatic nitrogens is 1. The van der Waals surface area contributed by atoms with Crippen molar-refractivity contribution in [2.24, 2.45) is 4.40 Å². The van der Waals surface area contributed by atoms with Crippen LogP contribution in [0.1, 0.15) is 5.56 Å². The smallest absolute Gasteiger partial charge is 0.173 e. The van der Waals surface area contributed by atoms with Gasteiger partial charge in [-0.3, -0.25) is 0 Å². The highest BCUT2D eigenvalue weighted by molar-refractivity contribution is 7.84. The molecule has 3 rings (SSSR count). The van der Waals surface area contributed by atoms with Gasteiger partial charge in [-0.1, -0.05) is 12.1 Å². The van der Waals surface area contributed by atoms with Crippen molar-refractivity contribution in [3.63, 3.8) is 0 Å². The van der Waals surface area contributed by atoms with Crippen LogP contribution < -0.4 is 0 Å². The van der Waals surface area contributed by atoms with Gasteiger partial charge in [-0.05, 0) is 23.8 Å². The van der Waals surface area contributed by atoms with Crippen LogP contribution in [-0.2, 0) is 11.0 Å². The fraction of sp³-hybridized carbons (Fsp3) is 0. The van der Waals surface area contributed by atoms with Crippen molar-refractivity contribution in [1.29, 1.82) is 0 Å². The van der Waals surface area contributed by atoms with Crippen molar-refractivity contribution in [2.45, 2.75) is 4.90 Å². The van der Waals surface area contributed by atoms with Gasteiger partial charge in [-0.15, -0.1) is 0 Å². The predicted octanol–water partition coefficient (Wildman–Crippen LogP) is 2.29. The number of hydrogen-bond acceptors (Lipinski definition) is 1. The van der Waals surface area contributed by atoms with Crippen LogP contribution in [0.5, 0.6) is 0 Å². The summed E-state index contributed by atoms with van der Waals surface area (Å²) in [7, 11) is -1.30. The molecule has 15 heavy (non-hydrogen) atoms. The summed E-state index contributed by atoms with van der Waals surface area (Å²) in [5.74, 6) is 0. The quantitative estimate of drug-likeness (QED) is 0.721. The van der Waals surface area contributed by atoms with Crippen LogP contribution in [-0.4, -0.2) is 15.4 Å². The summed E-state index contributed by atoms with van der Waals surface area (Å²) in [5, 5.41) is 0.981. The summed E-state index contributed by atoms with van der Waals surface area (Å²) < 4.78 is 15.8. The second kappa shape index (κ2) is 3.17. The Morgan fingerprint density at radius 3 is 3.13 bits per heavy atom. The molecule has 0 aliphatic carbocycles. The Hall–Kier alpha value is -1.68. The van der Waals surface area contributed by atoms with Gasteiger partial charge in [0.2, 0.25) is 0 Å². The van der Waals surface area contributed by atoms with Crippen molar-refractivity contribution in [3.05, 3.63) is 36.0 Å². The molecule has 1 aliphatic rings. The predicted molar refractivity (Wildman–Crippen MR) is 62.2 cm³/mol. The van der Waals surface area contributed by atoms with Gasteiger partial charge in [0.05, 0.1) is 4.90 Å². The largest absolute Gasteiger partial charge is 0.361 e. The lowest BCUT2D eigenvalue weighted by Gasteiger charge is -2.02. The molecule has 1 aliphatic heterocycles. The minimum atomic E-state index is -1.30. The zero-order valence-corrected chi connectivity index (χ0v) is 8.62. The van der Waals surface area contributed by atoms with Gasteiger partial charge in [0.25, 0.3) is 0 Å². The lowest BCUT2D eigenvalue weighted by molar-refractivity contribution is 0.685. The number of hydrogen-bond donors (Lipinski definition) is 1. The van der Waals surface area contributed by atoms with E-state index in [9.17, 15) is 4.21 Å². The number of aromatic amines is 1. The maximum absolute atomic E-state index is 11.9. The molecular weight excluding hydrogens is 208 g/mol. The lowest BCUT2D eigenvalue weighted by Crippen LogP contribution is -1.90. The first-order valence-electron chi connectivity index (χ1n) is 4.59. The van der Waals surface area contributed by atoms with E-state index in [2.05, 4.69) is 9.38 Å². The third-order valence-electron chi connectivity index (χ3n) is 2.41. The fourth-order valence-electron chi connectivity index (χ4n) is 1.74. The third kappa shape index (κ3) is 1.26. The monoisotopic (exact) mass is 216 g/mol. The number of nitrogens with zero attached hydrogens (tertiary/aromatic N) is 1. The molecule has 1 unspecified atom stereocenters. The number of allylic oxidation sites excluding steroid dienone is 1. The van der Waals surface area contributed by atoms with E-state index in [-0.39, 0.29) is 0 Å². The molecular formula is C11H8N2OS. The summed E-state index contributed by atoms with van der Waals surface area (Å²) in [6.07, 6.45) is 7.16. The maximum atomic E-state index is 11.9. The van der Waals surface area contributed by atoms with Crippen LogP contribution in [0.2, 0.25) is 0 Å². The van der Waals surface area contributed by atoms with E-state index in [0.29, 0.717) is 0 Å². The molecule has 0 saturated heterocycles. The van der Waals surface area contributed by atoms with Gasteiger partial charge in [-0.2, -0.15) is 4.40 Å². The fourth-order valence-corrected chi connectivity index (χ4v) is 2.73. The van der Waals surface area contributed by atoms with E-state index in [4.69, 9.17) is 0 Å². The maximum Gasteiger partial charge on any atom is 0.173 e. The van der Waals surface area contributed by atoms with Crippen molar-refractivity contribution < 1.29 is 4.21 Å². The minimum absolute atomic E-state index is 0.791. The van der Waals surface area contributed by atoms with E-state index in [1.54, 1.807) is 6.21 Å². The molecule has 2 heterocycles. The SMILES string of the molecule is O=S1N=CC=Cc2ccc3[nH]ccc3c21. The Bertz CT molecular complexity index is 610. The Labute approximate surface area is 89.1 Å². The standard InChI is InChI=1S/C11H8N2OS/c14-15-11-8(2-1-6-13-15)3-4-10-9(11)5-7-12-10/h1-7,12H. The third-order valence-corrected chi connectivity index (χ3v) is 3.53. The summed E-state index contributed by atoms with van der Waals surface area (Å²) in [4.78, 5) is 3.89. The summed E-state index contributed by atoms with van der Waals surface area (Å²) in [6, 6.07) is 5.87. The highest BCUT2D eigenvalue weighted by Gasteiger charge is 2.13. The van der Waals surface area contributed by atoms with Crippen LogP contribution in [0.15, 0.2) is 39.8 Å². The molecule has 3 nitrogen and oxygen atoms in total. The molecule has 1 N–H and O–H groups in total. The lowest BCUT2D eigenvalue weighted by atomic mass is 10.1. The molecule has 1 atom stereocenters. The Balaban J connectivity index is 2.45. The van der Waals surface area contributed by atoms with Crippen molar-refractivity contribution >= 4 is 34.2 Å². The van der Waals surface area contributed by atoms with Crippen LogP contribution in [0.25, 0.3) is 17.0 Å². The van der Waals surface area contributed by atoms with Gasteiger partial charge in [0, 0.05) is 23.3 Å². The summed E-state index contributed by atoms with van der Waals surface area (Å²) in [5.41, 5.74) is 1.96. The molecule has 0 saturated carbocycles. The second-order valence-corrected chi connectivity index (χ2v) is 4.40. The van der Waals surface area contributed by atoms with Gasteiger partial charge in [0.15, 0.2) is 11.0 Å². The number of fused-ring (bicyclic) bond motifs is 3. The Kier molecular flexibility index (Phi) is 1.82. The average Bonchev–Trinajstić information content (AvgIpc) is 2.63. The average molecular weight is 216 g/mol. The Morgan fingerprint density at radius 1 is 1.27 bits per heavy atom. The van der Waals surface area contributed by atoms with Crippen LogP contribution in [0, 0.1) is 0 Å². The van der Waals surface area contributed by atoms with E-state index in [1.807, 2.05) is 36.5 Å². The van der Waals surface area contributed by atoms with E-state index >= 15 is 0 Å². The normalized spacial score (nSPS) is 19.1.